The SMILES string of the molecule is CCOP(=O)(NC(C)N)OCC. The second-order valence-corrected chi connectivity index (χ2v) is 4.02. The minimum atomic E-state index is -3.15. The molecule has 6 heteroatoms. The van der Waals surface area contributed by atoms with E-state index < -0.39 is 13.9 Å². The molecule has 0 rings (SSSR count). The van der Waals surface area contributed by atoms with Crippen molar-refractivity contribution in [3.05, 3.63) is 0 Å². The molecule has 12 heavy (non-hydrogen) atoms. The number of nitrogens with one attached hydrogen (secondary N) is 1. The molecule has 0 aromatic carbocycles. The second kappa shape index (κ2) is 5.67. The third-order valence-electron chi connectivity index (χ3n) is 0.960. The van der Waals surface area contributed by atoms with Gasteiger partial charge in [-0.2, -0.15) is 0 Å². The molecule has 74 valence electrons. The van der Waals surface area contributed by atoms with Crippen LogP contribution in [0.3, 0.4) is 0 Å². The summed E-state index contributed by atoms with van der Waals surface area (Å²) in [5.74, 6) is 0. The van der Waals surface area contributed by atoms with E-state index in [9.17, 15) is 4.57 Å². The van der Waals surface area contributed by atoms with E-state index in [0.29, 0.717) is 13.2 Å². The van der Waals surface area contributed by atoms with Crippen LogP contribution >= 0.6 is 7.75 Å². The maximum Gasteiger partial charge on any atom is 0.406 e. The van der Waals surface area contributed by atoms with E-state index in [2.05, 4.69) is 5.09 Å². The van der Waals surface area contributed by atoms with Gasteiger partial charge in [-0.1, -0.05) is 0 Å². The fraction of sp³-hybridized carbons (Fsp3) is 1.00. The Bertz CT molecular complexity index is 153. The minimum Gasteiger partial charge on any atom is -0.316 e. The third-order valence-corrected chi connectivity index (χ3v) is 2.88. The van der Waals surface area contributed by atoms with Gasteiger partial charge in [0.2, 0.25) is 0 Å². The van der Waals surface area contributed by atoms with Crippen molar-refractivity contribution in [3.8, 4) is 0 Å². The van der Waals surface area contributed by atoms with Gasteiger partial charge in [-0.05, 0) is 20.8 Å². The summed E-state index contributed by atoms with van der Waals surface area (Å²) in [6.07, 6.45) is -0.408. The normalized spacial score (nSPS) is 14.7. The molecular weight excluding hydrogens is 179 g/mol. The topological polar surface area (TPSA) is 73.6 Å². The summed E-state index contributed by atoms with van der Waals surface area (Å²) < 4.78 is 21.4. The first-order valence-electron chi connectivity index (χ1n) is 3.96. The molecule has 1 atom stereocenters. The highest BCUT2D eigenvalue weighted by molar-refractivity contribution is 7.51. The molecule has 0 fully saturated rings. The minimum absolute atomic E-state index is 0.330. The molecule has 0 radical (unpaired) electrons. The maximum absolute atomic E-state index is 11.6. The Kier molecular flexibility index (Phi) is 5.70. The standard InChI is InChI=1S/C6H17N2O3P/c1-4-10-12(9,11-5-2)8-6(3)7/h6H,4-5,7H2,1-3H3,(H,8,9). The summed E-state index contributed by atoms with van der Waals surface area (Å²) in [7, 11) is -3.15. The van der Waals surface area contributed by atoms with Crippen LogP contribution in [0, 0.1) is 0 Å². The van der Waals surface area contributed by atoms with E-state index in [1.54, 1.807) is 20.8 Å². The lowest BCUT2D eigenvalue weighted by Gasteiger charge is -2.19. The molecule has 0 saturated heterocycles. The Hall–Kier alpha value is 0.0700. The highest BCUT2D eigenvalue weighted by Crippen LogP contribution is 2.43. The summed E-state index contributed by atoms with van der Waals surface area (Å²) in [4.78, 5) is 0. The van der Waals surface area contributed by atoms with Crippen LogP contribution in [0.2, 0.25) is 0 Å². The van der Waals surface area contributed by atoms with Gasteiger partial charge in [0.25, 0.3) is 0 Å². The molecule has 0 aromatic heterocycles. The fourth-order valence-corrected chi connectivity index (χ4v) is 2.10. The van der Waals surface area contributed by atoms with Crippen LogP contribution < -0.4 is 10.8 Å². The Morgan fingerprint density at radius 1 is 1.42 bits per heavy atom. The lowest BCUT2D eigenvalue weighted by atomic mass is 10.7. The number of hydrogen-bond donors (Lipinski definition) is 2. The highest BCUT2D eigenvalue weighted by Gasteiger charge is 2.23. The summed E-state index contributed by atoms with van der Waals surface area (Å²) in [5, 5.41) is 2.55. The van der Waals surface area contributed by atoms with Crippen molar-refractivity contribution in [2.24, 2.45) is 5.73 Å². The maximum atomic E-state index is 11.6. The van der Waals surface area contributed by atoms with Crippen LogP contribution in [0.4, 0.5) is 0 Å². The van der Waals surface area contributed by atoms with E-state index >= 15 is 0 Å². The zero-order valence-corrected chi connectivity index (χ0v) is 8.64. The van der Waals surface area contributed by atoms with Crippen LogP contribution in [0.15, 0.2) is 0 Å². The smallest absolute Gasteiger partial charge is 0.316 e. The van der Waals surface area contributed by atoms with Gasteiger partial charge < -0.3 is 5.73 Å². The number of nitrogens with two attached hydrogens (primary N) is 1. The van der Waals surface area contributed by atoms with Gasteiger partial charge in [0.15, 0.2) is 0 Å². The van der Waals surface area contributed by atoms with Gasteiger partial charge in [-0.25, -0.2) is 9.65 Å². The fourth-order valence-electron chi connectivity index (χ4n) is 0.701. The first kappa shape index (κ1) is 12.1. The summed E-state index contributed by atoms with van der Waals surface area (Å²) >= 11 is 0. The molecule has 0 amide bonds. The number of rotatable bonds is 6. The molecular formula is C6H17N2O3P. The van der Waals surface area contributed by atoms with Crippen molar-refractivity contribution < 1.29 is 13.6 Å². The van der Waals surface area contributed by atoms with Crippen LogP contribution in [-0.4, -0.2) is 19.4 Å². The van der Waals surface area contributed by atoms with Crippen LogP contribution in [-0.2, 0) is 13.6 Å². The molecule has 0 saturated carbocycles. The van der Waals surface area contributed by atoms with Crippen LogP contribution in [0.25, 0.3) is 0 Å². The predicted octanol–water partition coefficient (Wildman–Crippen LogP) is 1.06. The van der Waals surface area contributed by atoms with E-state index in [1.807, 2.05) is 0 Å². The highest BCUT2D eigenvalue weighted by atomic mass is 31.2. The Morgan fingerprint density at radius 2 is 1.83 bits per heavy atom. The van der Waals surface area contributed by atoms with E-state index in [1.165, 1.54) is 0 Å². The van der Waals surface area contributed by atoms with E-state index in [4.69, 9.17) is 14.8 Å². The Labute approximate surface area is 73.2 Å². The molecule has 1 unspecified atom stereocenters. The quantitative estimate of drug-likeness (QED) is 0.491. The van der Waals surface area contributed by atoms with Crippen LogP contribution in [0.1, 0.15) is 20.8 Å². The molecule has 5 nitrogen and oxygen atoms in total. The van der Waals surface area contributed by atoms with Gasteiger partial charge in [0.1, 0.15) is 0 Å². The largest absolute Gasteiger partial charge is 0.406 e. The first-order valence-corrected chi connectivity index (χ1v) is 5.50. The first-order chi connectivity index (χ1) is 5.54. The van der Waals surface area contributed by atoms with Crippen molar-refractivity contribution in [2.45, 2.75) is 26.9 Å². The van der Waals surface area contributed by atoms with Crippen molar-refractivity contribution >= 4 is 7.75 Å². The molecule has 0 heterocycles. The zero-order chi connectivity index (χ0) is 9.61. The summed E-state index contributed by atoms with van der Waals surface area (Å²) in [6.45, 7) is 5.82. The van der Waals surface area contributed by atoms with Gasteiger partial charge in [-0.15, -0.1) is 0 Å². The molecule has 0 aliphatic rings. The predicted molar refractivity (Wildman–Crippen MR) is 47.6 cm³/mol. The summed E-state index contributed by atoms with van der Waals surface area (Å²) in [6, 6.07) is 0. The van der Waals surface area contributed by atoms with Gasteiger partial charge in [0.05, 0.1) is 19.4 Å². The van der Waals surface area contributed by atoms with Crippen molar-refractivity contribution in [2.75, 3.05) is 13.2 Å². The lowest BCUT2D eigenvalue weighted by Crippen LogP contribution is -2.32. The Balaban J connectivity index is 4.08. The van der Waals surface area contributed by atoms with Crippen molar-refractivity contribution in [1.82, 2.24) is 5.09 Å². The van der Waals surface area contributed by atoms with E-state index in [0.717, 1.165) is 0 Å². The molecule has 0 spiro atoms. The third kappa shape index (κ3) is 4.85. The Morgan fingerprint density at radius 3 is 2.08 bits per heavy atom. The number of hydrogen-bond acceptors (Lipinski definition) is 4. The average Bonchev–Trinajstić information content (AvgIpc) is 1.85. The zero-order valence-electron chi connectivity index (χ0n) is 7.74. The lowest BCUT2D eigenvalue weighted by molar-refractivity contribution is 0.207. The monoisotopic (exact) mass is 196 g/mol. The van der Waals surface area contributed by atoms with Crippen molar-refractivity contribution in [1.29, 1.82) is 0 Å². The van der Waals surface area contributed by atoms with Gasteiger partial charge in [0, 0.05) is 0 Å². The molecule has 0 aliphatic heterocycles. The molecule has 0 bridgehead atoms. The van der Waals surface area contributed by atoms with Gasteiger partial charge in [-0.3, -0.25) is 9.05 Å². The van der Waals surface area contributed by atoms with Crippen LogP contribution in [0.5, 0.6) is 0 Å². The van der Waals surface area contributed by atoms with Gasteiger partial charge >= 0.3 is 7.75 Å². The second-order valence-electron chi connectivity index (χ2n) is 2.25. The molecule has 0 aliphatic carbocycles. The average molecular weight is 196 g/mol. The van der Waals surface area contributed by atoms with E-state index in [-0.39, 0.29) is 0 Å². The summed E-state index contributed by atoms with van der Waals surface area (Å²) in [5.41, 5.74) is 5.40. The molecule has 0 aromatic rings. The van der Waals surface area contributed by atoms with Crippen molar-refractivity contribution in [3.63, 3.8) is 0 Å². The molecule has 3 N–H and O–H groups in total.